The van der Waals surface area contributed by atoms with Gasteiger partial charge in [-0.25, -0.2) is 0 Å². The molecule has 1 aromatic carbocycles. The summed E-state index contributed by atoms with van der Waals surface area (Å²) in [6, 6.07) is 7.99. The predicted molar refractivity (Wildman–Crippen MR) is 77.6 cm³/mol. The van der Waals surface area contributed by atoms with Crippen LogP contribution in [0, 0.1) is 0 Å². The van der Waals surface area contributed by atoms with Crippen LogP contribution in [0.2, 0.25) is 0 Å². The highest BCUT2D eigenvalue weighted by Crippen LogP contribution is 2.18. The van der Waals surface area contributed by atoms with Crippen molar-refractivity contribution in [1.29, 1.82) is 0 Å². The fourth-order valence-corrected chi connectivity index (χ4v) is 2.62. The quantitative estimate of drug-likeness (QED) is 0.767. The van der Waals surface area contributed by atoms with Crippen LogP contribution in [0.3, 0.4) is 0 Å². The van der Waals surface area contributed by atoms with Crippen LogP contribution >= 0.6 is 0 Å². The van der Waals surface area contributed by atoms with E-state index in [0.717, 1.165) is 30.9 Å². The molecule has 0 saturated carbocycles. The van der Waals surface area contributed by atoms with Gasteiger partial charge in [-0.05, 0) is 50.4 Å². The molecule has 1 saturated heterocycles. The van der Waals surface area contributed by atoms with Crippen molar-refractivity contribution < 1.29 is 9.84 Å². The number of ether oxygens (including phenoxy) is 1. The van der Waals surface area contributed by atoms with Gasteiger partial charge in [0.05, 0.1) is 6.61 Å². The zero-order valence-electron chi connectivity index (χ0n) is 11.7. The number of hydrogen-bond acceptors (Lipinski definition) is 3. The van der Waals surface area contributed by atoms with Crippen LogP contribution in [-0.2, 0) is 6.42 Å². The fraction of sp³-hybridized carbons (Fsp3) is 0.625. The van der Waals surface area contributed by atoms with Gasteiger partial charge in [-0.2, -0.15) is 0 Å². The van der Waals surface area contributed by atoms with Gasteiger partial charge in [0.2, 0.25) is 0 Å². The minimum absolute atomic E-state index is 0.175. The molecule has 19 heavy (non-hydrogen) atoms. The molecule has 1 N–H and O–H groups in total. The van der Waals surface area contributed by atoms with E-state index in [1.54, 1.807) is 0 Å². The Morgan fingerprint density at radius 3 is 2.68 bits per heavy atom. The summed E-state index contributed by atoms with van der Waals surface area (Å²) in [5.41, 5.74) is 1.10. The topological polar surface area (TPSA) is 32.7 Å². The summed E-state index contributed by atoms with van der Waals surface area (Å²) in [5, 5.41) is 9.02. The maximum Gasteiger partial charge on any atom is 0.122 e. The van der Waals surface area contributed by atoms with Crippen molar-refractivity contribution in [3.05, 3.63) is 29.8 Å². The van der Waals surface area contributed by atoms with Crippen LogP contribution < -0.4 is 4.74 Å². The Hall–Kier alpha value is -1.06. The molecule has 0 aliphatic carbocycles. The van der Waals surface area contributed by atoms with E-state index < -0.39 is 0 Å². The second kappa shape index (κ2) is 8.18. The third kappa shape index (κ3) is 4.84. The number of piperidine rings is 1. The number of rotatable bonds is 7. The van der Waals surface area contributed by atoms with Crippen LogP contribution in [0.25, 0.3) is 0 Å². The van der Waals surface area contributed by atoms with E-state index in [1.165, 1.54) is 32.4 Å². The molecule has 0 unspecified atom stereocenters. The van der Waals surface area contributed by atoms with Crippen molar-refractivity contribution in [3.8, 4) is 5.75 Å². The summed E-state index contributed by atoms with van der Waals surface area (Å²) < 4.78 is 5.84. The van der Waals surface area contributed by atoms with Crippen LogP contribution in [0.5, 0.6) is 5.75 Å². The second-order valence-corrected chi connectivity index (χ2v) is 5.19. The van der Waals surface area contributed by atoms with E-state index in [0.29, 0.717) is 6.42 Å². The normalized spacial score (nSPS) is 16.5. The first kappa shape index (κ1) is 14.4. The predicted octanol–water partition coefficient (Wildman–Crippen LogP) is 2.48. The highest BCUT2D eigenvalue weighted by molar-refractivity contribution is 5.33. The Kier molecular flexibility index (Phi) is 6.18. The molecule has 1 fully saturated rings. The zero-order valence-corrected chi connectivity index (χ0v) is 11.7. The maximum atomic E-state index is 9.02. The van der Waals surface area contributed by atoms with Crippen molar-refractivity contribution in [2.45, 2.75) is 32.1 Å². The largest absolute Gasteiger partial charge is 0.493 e. The lowest BCUT2D eigenvalue weighted by Crippen LogP contribution is -2.31. The SMILES string of the molecule is OCCc1ccccc1OCCCN1CCCCC1. The Morgan fingerprint density at radius 2 is 1.89 bits per heavy atom. The number of nitrogens with zero attached hydrogens (tertiary/aromatic N) is 1. The molecule has 0 atom stereocenters. The molecule has 2 rings (SSSR count). The summed E-state index contributed by atoms with van der Waals surface area (Å²) in [7, 11) is 0. The molecule has 3 nitrogen and oxygen atoms in total. The van der Waals surface area contributed by atoms with E-state index in [2.05, 4.69) is 4.90 Å². The van der Waals surface area contributed by atoms with Gasteiger partial charge >= 0.3 is 0 Å². The number of para-hydroxylation sites is 1. The lowest BCUT2D eigenvalue weighted by Gasteiger charge is -2.26. The Bertz CT molecular complexity index is 362. The molecule has 1 aliphatic rings. The summed E-state index contributed by atoms with van der Waals surface area (Å²) in [5.74, 6) is 0.926. The van der Waals surface area contributed by atoms with Crippen molar-refractivity contribution in [3.63, 3.8) is 0 Å². The molecular weight excluding hydrogens is 238 g/mol. The van der Waals surface area contributed by atoms with E-state index in [4.69, 9.17) is 9.84 Å². The first-order chi connectivity index (χ1) is 9.40. The lowest BCUT2D eigenvalue weighted by molar-refractivity contribution is 0.204. The number of benzene rings is 1. The first-order valence-electron chi connectivity index (χ1n) is 7.44. The van der Waals surface area contributed by atoms with Gasteiger partial charge in [0.15, 0.2) is 0 Å². The third-order valence-electron chi connectivity index (χ3n) is 3.68. The molecule has 0 aromatic heterocycles. The van der Waals surface area contributed by atoms with Gasteiger partial charge in [-0.1, -0.05) is 24.6 Å². The van der Waals surface area contributed by atoms with E-state index in [1.807, 2.05) is 24.3 Å². The Labute approximate surface area is 116 Å². The monoisotopic (exact) mass is 263 g/mol. The fourth-order valence-electron chi connectivity index (χ4n) is 2.62. The van der Waals surface area contributed by atoms with Gasteiger partial charge in [0.1, 0.15) is 5.75 Å². The highest BCUT2D eigenvalue weighted by Gasteiger charge is 2.09. The van der Waals surface area contributed by atoms with Gasteiger partial charge < -0.3 is 14.7 Å². The van der Waals surface area contributed by atoms with Crippen molar-refractivity contribution in [2.24, 2.45) is 0 Å². The molecule has 0 amide bonds. The Morgan fingerprint density at radius 1 is 1.11 bits per heavy atom. The van der Waals surface area contributed by atoms with E-state index in [9.17, 15) is 0 Å². The summed E-state index contributed by atoms with van der Waals surface area (Å²) in [6.45, 7) is 4.58. The van der Waals surface area contributed by atoms with Crippen molar-refractivity contribution in [1.82, 2.24) is 4.90 Å². The zero-order chi connectivity index (χ0) is 13.3. The molecule has 1 aromatic rings. The summed E-state index contributed by atoms with van der Waals surface area (Å²) in [6.07, 6.45) is 5.83. The standard InChI is InChI=1S/C16H25NO2/c18-13-9-15-7-2-3-8-16(15)19-14-6-12-17-10-4-1-5-11-17/h2-3,7-8,18H,1,4-6,9-14H2. The molecular formula is C16H25NO2. The summed E-state index contributed by atoms with van der Waals surface area (Å²) in [4.78, 5) is 2.53. The van der Waals surface area contributed by atoms with Crippen LogP contribution in [-0.4, -0.2) is 42.9 Å². The lowest BCUT2D eigenvalue weighted by atomic mass is 10.1. The maximum absolute atomic E-state index is 9.02. The smallest absolute Gasteiger partial charge is 0.122 e. The van der Waals surface area contributed by atoms with Gasteiger partial charge in [0, 0.05) is 13.2 Å². The average Bonchev–Trinajstić information content (AvgIpc) is 2.47. The number of aliphatic hydroxyl groups is 1. The van der Waals surface area contributed by atoms with Gasteiger partial charge in [-0.3, -0.25) is 0 Å². The molecule has 3 heteroatoms. The first-order valence-corrected chi connectivity index (χ1v) is 7.44. The van der Waals surface area contributed by atoms with Gasteiger partial charge in [0.25, 0.3) is 0 Å². The molecule has 0 spiro atoms. The minimum Gasteiger partial charge on any atom is -0.493 e. The van der Waals surface area contributed by atoms with Crippen molar-refractivity contribution in [2.75, 3.05) is 32.8 Å². The highest BCUT2D eigenvalue weighted by atomic mass is 16.5. The number of likely N-dealkylation sites (tertiary alicyclic amines) is 1. The van der Waals surface area contributed by atoms with Crippen molar-refractivity contribution >= 4 is 0 Å². The molecule has 106 valence electrons. The molecule has 0 bridgehead atoms. The minimum atomic E-state index is 0.175. The molecule has 0 radical (unpaired) electrons. The van der Waals surface area contributed by atoms with E-state index >= 15 is 0 Å². The second-order valence-electron chi connectivity index (χ2n) is 5.19. The number of hydrogen-bond donors (Lipinski definition) is 1. The number of aliphatic hydroxyl groups excluding tert-OH is 1. The Balaban J connectivity index is 1.70. The summed E-state index contributed by atoms with van der Waals surface area (Å²) >= 11 is 0. The van der Waals surface area contributed by atoms with Crippen LogP contribution in [0.15, 0.2) is 24.3 Å². The van der Waals surface area contributed by atoms with Crippen LogP contribution in [0.1, 0.15) is 31.2 Å². The molecule has 1 aliphatic heterocycles. The van der Waals surface area contributed by atoms with E-state index in [-0.39, 0.29) is 6.61 Å². The molecule has 1 heterocycles. The third-order valence-corrected chi connectivity index (χ3v) is 3.68. The average molecular weight is 263 g/mol. The van der Waals surface area contributed by atoms with Crippen LogP contribution in [0.4, 0.5) is 0 Å². The van der Waals surface area contributed by atoms with Gasteiger partial charge in [-0.15, -0.1) is 0 Å².